The fourth-order valence-electron chi connectivity index (χ4n) is 3.19. The highest BCUT2D eigenvalue weighted by atomic mass is 16.4. The van der Waals surface area contributed by atoms with Gasteiger partial charge in [-0.15, -0.1) is 0 Å². The maximum atomic E-state index is 11.8. The summed E-state index contributed by atoms with van der Waals surface area (Å²) < 4.78 is 0. The van der Waals surface area contributed by atoms with Crippen LogP contribution in [-0.2, 0) is 11.3 Å². The molecule has 20 heavy (non-hydrogen) atoms. The van der Waals surface area contributed by atoms with Crippen LogP contribution in [0.4, 0.5) is 0 Å². The molecule has 1 saturated carbocycles. The maximum absolute atomic E-state index is 11.8. The summed E-state index contributed by atoms with van der Waals surface area (Å²) in [6, 6.07) is 5.85. The standard InChI is InChI=1S/C16H24N2O2/c1-18(12-14-8-4-7-11-17-14)13-16(15(19)20)9-5-2-3-6-10-16/h4,7-8,11H,2-3,5-6,9-10,12-13H2,1H3,(H,19,20). The lowest BCUT2D eigenvalue weighted by Gasteiger charge is -2.32. The molecule has 1 aromatic rings. The van der Waals surface area contributed by atoms with Crippen LogP contribution in [0.1, 0.15) is 44.2 Å². The molecule has 1 heterocycles. The molecule has 0 saturated heterocycles. The molecular formula is C16H24N2O2. The van der Waals surface area contributed by atoms with Gasteiger partial charge in [0.05, 0.1) is 11.1 Å². The zero-order valence-electron chi connectivity index (χ0n) is 12.2. The largest absolute Gasteiger partial charge is 0.481 e. The Kier molecular flexibility index (Phi) is 5.12. The highest BCUT2D eigenvalue weighted by molar-refractivity contribution is 5.75. The van der Waals surface area contributed by atoms with Crippen LogP contribution in [0.25, 0.3) is 0 Å². The van der Waals surface area contributed by atoms with Gasteiger partial charge in [0.25, 0.3) is 0 Å². The molecular weight excluding hydrogens is 252 g/mol. The van der Waals surface area contributed by atoms with E-state index in [1.165, 1.54) is 12.8 Å². The van der Waals surface area contributed by atoms with E-state index in [-0.39, 0.29) is 0 Å². The first-order chi connectivity index (χ1) is 9.62. The highest BCUT2D eigenvalue weighted by Crippen LogP contribution is 2.36. The van der Waals surface area contributed by atoms with Gasteiger partial charge in [-0.05, 0) is 32.0 Å². The van der Waals surface area contributed by atoms with E-state index in [4.69, 9.17) is 0 Å². The van der Waals surface area contributed by atoms with Gasteiger partial charge < -0.3 is 5.11 Å². The molecule has 1 aliphatic rings. The molecule has 4 nitrogen and oxygen atoms in total. The zero-order chi connectivity index (χ0) is 14.4. The van der Waals surface area contributed by atoms with Crippen LogP contribution < -0.4 is 0 Å². The lowest BCUT2D eigenvalue weighted by molar-refractivity contribution is -0.151. The Morgan fingerprint density at radius 3 is 2.55 bits per heavy atom. The molecule has 0 unspecified atom stereocenters. The Labute approximate surface area is 120 Å². The first-order valence-corrected chi connectivity index (χ1v) is 7.44. The molecule has 0 spiro atoms. The van der Waals surface area contributed by atoms with Crippen molar-refractivity contribution in [2.24, 2.45) is 5.41 Å². The van der Waals surface area contributed by atoms with Gasteiger partial charge in [-0.1, -0.05) is 31.7 Å². The highest BCUT2D eigenvalue weighted by Gasteiger charge is 2.39. The minimum Gasteiger partial charge on any atom is -0.481 e. The van der Waals surface area contributed by atoms with E-state index in [9.17, 15) is 9.90 Å². The second kappa shape index (κ2) is 6.84. The third-order valence-corrected chi connectivity index (χ3v) is 4.24. The second-order valence-corrected chi connectivity index (χ2v) is 5.99. The van der Waals surface area contributed by atoms with Crippen LogP contribution >= 0.6 is 0 Å². The summed E-state index contributed by atoms with van der Waals surface area (Å²) in [7, 11) is 1.99. The molecule has 1 N–H and O–H groups in total. The number of carboxylic acid groups (broad SMARTS) is 1. The minimum atomic E-state index is -0.632. The van der Waals surface area contributed by atoms with Crippen molar-refractivity contribution in [3.63, 3.8) is 0 Å². The van der Waals surface area contributed by atoms with E-state index in [1.807, 2.05) is 25.2 Å². The summed E-state index contributed by atoms with van der Waals surface area (Å²) >= 11 is 0. The van der Waals surface area contributed by atoms with E-state index in [0.717, 1.165) is 31.4 Å². The average Bonchev–Trinajstić information content (AvgIpc) is 2.66. The molecule has 0 aromatic carbocycles. The van der Waals surface area contributed by atoms with Crippen LogP contribution in [0.3, 0.4) is 0 Å². The first-order valence-electron chi connectivity index (χ1n) is 7.44. The monoisotopic (exact) mass is 276 g/mol. The van der Waals surface area contributed by atoms with Crippen LogP contribution in [0.2, 0.25) is 0 Å². The number of hydrogen-bond acceptors (Lipinski definition) is 3. The van der Waals surface area contributed by atoms with Crippen molar-refractivity contribution >= 4 is 5.97 Å². The molecule has 0 amide bonds. The van der Waals surface area contributed by atoms with E-state index < -0.39 is 11.4 Å². The van der Waals surface area contributed by atoms with Crippen molar-refractivity contribution in [3.8, 4) is 0 Å². The molecule has 0 atom stereocenters. The Morgan fingerprint density at radius 1 is 1.30 bits per heavy atom. The van der Waals surface area contributed by atoms with E-state index in [2.05, 4.69) is 9.88 Å². The van der Waals surface area contributed by atoms with Gasteiger partial charge >= 0.3 is 5.97 Å². The quantitative estimate of drug-likeness (QED) is 0.840. The summed E-state index contributed by atoms with van der Waals surface area (Å²) in [4.78, 5) is 18.2. The van der Waals surface area contributed by atoms with E-state index >= 15 is 0 Å². The van der Waals surface area contributed by atoms with Gasteiger partial charge in [0.2, 0.25) is 0 Å². The molecule has 0 radical (unpaired) electrons. The number of aliphatic carboxylic acids is 1. The molecule has 0 bridgehead atoms. The molecule has 2 rings (SSSR count). The van der Waals surface area contributed by atoms with Gasteiger partial charge in [-0.3, -0.25) is 14.7 Å². The second-order valence-electron chi connectivity index (χ2n) is 5.99. The van der Waals surface area contributed by atoms with Crippen molar-refractivity contribution in [2.45, 2.75) is 45.1 Å². The van der Waals surface area contributed by atoms with Crippen molar-refractivity contribution in [1.82, 2.24) is 9.88 Å². The van der Waals surface area contributed by atoms with Crippen molar-refractivity contribution in [1.29, 1.82) is 0 Å². The smallest absolute Gasteiger partial charge is 0.310 e. The summed E-state index contributed by atoms with van der Waals surface area (Å²) in [5.74, 6) is -0.632. The van der Waals surface area contributed by atoms with Crippen LogP contribution in [0.5, 0.6) is 0 Å². The van der Waals surface area contributed by atoms with Gasteiger partial charge in [0.1, 0.15) is 0 Å². The summed E-state index contributed by atoms with van der Waals surface area (Å²) in [5.41, 5.74) is 0.421. The lowest BCUT2D eigenvalue weighted by Crippen LogP contribution is -2.41. The van der Waals surface area contributed by atoms with Crippen molar-refractivity contribution in [3.05, 3.63) is 30.1 Å². The first kappa shape index (κ1) is 15.0. The Balaban J connectivity index is 2.02. The number of carboxylic acids is 1. The number of nitrogens with zero attached hydrogens (tertiary/aromatic N) is 2. The molecule has 110 valence electrons. The van der Waals surface area contributed by atoms with E-state index in [1.54, 1.807) is 6.20 Å². The fourth-order valence-corrected chi connectivity index (χ4v) is 3.19. The predicted octanol–water partition coefficient (Wildman–Crippen LogP) is 2.94. The van der Waals surface area contributed by atoms with Gasteiger partial charge in [-0.2, -0.15) is 0 Å². The van der Waals surface area contributed by atoms with Gasteiger partial charge in [0, 0.05) is 19.3 Å². The number of pyridine rings is 1. The van der Waals surface area contributed by atoms with Gasteiger partial charge in [-0.25, -0.2) is 0 Å². The average molecular weight is 276 g/mol. The van der Waals surface area contributed by atoms with Crippen LogP contribution in [0, 0.1) is 5.41 Å². The molecule has 4 heteroatoms. The van der Waals surface area contributed by atoms with Crippen molar-refractivity contribution in [2.75, 3.05) is 13.6 Å². The minimum absolute atomic E-state index is 0.569. The third kappa shape index (κ3) is 3.79. The number of rotatable bonds is 5. The van der Waals surface area contributed by atoms with Crippen molar-refractivity contribution < 1.29 is 9.90 Å². The summed E-state index contributed by atoms with van der Waals surface area (Å²) in [6.45, 7) is 1.31. The van der Waals surface area contributed by atoms with Crippen LogP contribution in [-0.4, -0.2) is 34.6 Å². The zero-order valence-corrected chi connectivity index (χ0v) is 12.2. The Bertz CT molecular complexity index is 425. The molecule has 0 aliphatic heterocycles. The number of aromatic nitrogens is 1. The third-order valence-electron chi connectivity index (χ3n) is 4.24. The summed E-state index contributed by atoms with van der Waals surface area (Å²) in [5, 5.41) is 9.69. The Morgan fingerprint density at radius 2 is 2.00 bits per heavy atom. The predicted molar refractivity (Wildman–Crippen MR) is 78.3 cm³/mol. The SMILES string of the molecule is CN(Cc1ccccn1)CC1(C(=O)O)CCCCCC1. The topological polar surface area (TPSA) is 53.4 Å². The molecule has 1 fully saturated rings. The van der Waals surface area contributed by atoms with Gasteiger partial charge in [0.15, 0.2) is 0 Å². The fraction of sp³-hybridized carbons (Fsp3) is 0.625. The number of carbonyl (C=O) groups is 1. The molecule has 1 aliphatic carbocycles. The van der Waals surface area contributed by atoms with E-state index in [0.29, 0.717) is 13.1 Å². The van der Waals surface area contributed by atoms with Crippen LogP contribution in [0.15, 0.2) is 24.4 Å². The lowest BCUT2D eigenvalue weighted by atomic mass is 9.80. The Hall–Kier alpha value is -1.42. The maximum Gasteiger partial charge on any atom is 0.310 e. The number of hydrogen-bond donors (Lipinski definition) is 1. The summed E-state index contributed by atoms with van der Waals surface area (Å²) in [6.07, 6.45) is 7.77. The molecule has 1 aromatic heterocycles. The normalized spacial score (nSPS) is 18.7.